The summed E-state index contributed by atoms with van der Waals surface area (Å²) in [5.41, 5.74) is 1.83. The Balaban J connectivity index is 2.12. The summed E-state index contributed by atoms with van der Waals surface area (Å²) >= 11 is 18.0. The summed E-state index contributed by atoms with van der Waals surface area (Å²) in [5.74, 6) is 0.629. The summed E-state index contributed by atoms with van der Waals surface area (Å²) < 4.78 is 5.16. The maximum Gasteiger partial charge on any atom is 0.139 e. The van der Waals surface area contributed by atoms with Gasteiger partial charge in [-0.05, 0) is 35.9 Å². The van der Waals surface area contributed by atoms with Gasteiger partial charge in [0, 0.05) is 28.3 Å². The highest BCUT2D eigenvalue weighted by Crippen LogP contribution is 2.28. The monoisotopic (exact) mass is 315 g/mol. The molecule has 0 saturated carbocycles. The Morgan fingerprint density at radius 2 is 1.74 bits per heavy atom. The molecule has 0 atom stereocenters. The number of halogens is 3. The zero-order chi connectivity index (χ0) is 13.8. The van der Waals surface area contributed by atoms with Crippen LogP contribution in [0.4, 0.5) is 5.69 Å². The topological polar surface area (TPSA) is 21.3 Å². The van der Waals surface area contributed by atoms with Gasteiger partial charge in [-0.1, -0.05) is 34.8 Å². The summed E-state index contributed by atoms with van der Waals surface area (Å²) in [6.45, 7) is 0.574. The molecule has 2 aromatic carbocycles. The van der Waals surface area contributed by atoms with Crippen LogP contribution in [0.25, 0.3) is 0 Å². The van der Waals surface area contributed by atoms with Crippen molar-refractivity contribution >= 4 is 40.5 Å². The van der Waals surface area contributed by atoms with Crippen molar-refractivity contribution in [3.05, 3.63) is 57.0 Å². The number of rotatable bonds is 4. The molecule has 0 fully saturated rings. The molecule has 0 unspecified atom stereocenters. The highest BCUT2D eigenvalue weighted by atomic mass is 35.5. The molecule has 0 spiro atoms. The van der Waals surface area contributed by atoms with E-state index in [1.165, 1.54) is 0 Å². The molecule has 2 nitrogen and oxygen atoms in total. The van der Waals surface area contributed by atoms with E-state index in [0.717, 1.165) is 11.3 Å². The van der Waals surface area contributed by atoms with Gasteiger partial charge in [0.25, 0.3) is 0 Å². The van der Waals surface area contributed by atoms with Crippen LogP contribution in [0.15, 0.2) is 36.4 Å². The average molecular weight is 317 g/mol. The Labute approximate surface area is 127 Å². The second-order valence-electron chi connectivity index (χ2n) is 3.94. The number of benzene rings is 2. The zero-order valence-corrected chi connectivity index (χ0v) is 12.5. The van der Waals surface area contributed by atoms with Crippen LogP contribution in [0.5, 0.6) is 5.75 Å². The van der Waals surface area contributed by atoms with E-state index >= 15 is 0 Å². The first-order chi connectivity index (χ1) is 9.10. The number of anilines is 1. The molecular weight excluding hydrogens is 305 g/mol. The molecule has 0 saturated heterocycles. The molecule has 0 bridgehead atoms. The van der Waals surface area contributed by atoms with Gasteiger partial charge in [0.05, 0.1) is 12.1 Å². The van der Waals surface area contributed by atoms with Crippen LogP contribution in [0, 0.1) is 0 Å². The van der Waals surface area contributed by atoms with Crippen LogP contribution in [0.3, 0.4) is 0 Å². The minimum Gasteiger partial charge on any atom is -0.495 e. The van der Waals surface area contributed by atoms with Gasteiger partial charge in [0.15, 0.2) is 0 Å². The van der Waals surface area contributed by atoms with Crippen LogP contribution in [-0.4, -0.2) is 7.11 Å². The molecule has 100 valence electrons. The van der Waals surface area contributed by atoms with Gasteiger partial charge in [0.1, 0.15) is 5.75 Å². The Morgan fingerprint density at radius 1 is 1.00 bits per heavy atom. The quantitative estimate of drug-likeness (QED) is 0.830. The van der Waals surface area contributed by atoms with Crippen LogP contribution < -0.4 is 10.1 Å². The smallest absolute Gasteiger partial charge is 0.139 e. The number of hydrogen-bond donors (Lipinski definition) is 1. The summed E-state index contributed by atoms with van der Waals surface area (Å²) in [6, 6.07) is 10.9. The molecule has 0 aliphatic rings. The average Bonchev–Trinajstić information content (AvgIpc) is 2.41. The fourth-order valence-corrected chi connectivity index (χ4v) is 2.22. The van der Waals surface area contributed by atoms with Crippen LogP contribution in [0.1, 0.15) is 5.56 Å². The minimum absolute atomic E-state index is 0.574. The first-order valence-electron chi connectivity index (χ1n) is 5.61. The maximum atomic E-state index is 6.10. The third kappa shape index (κ3) is 3.69. The van der Waals surface area contributed by atoms with Crippen molar-refractivity contribution in [2.45, 2.75) is 6.54 Å². The van der Waals surface area contributed by atoms with Crippen molar-refractivity contribution in [1.29, 1.82) is 0 Å². The van der Waals surface area contributed by atoms with Crippen molar-refractivity contribution < 1.29 is 4.74 Å². The highest BCUT2D eigenvalue weighted by molar-refractivity contribution is 6.33. The van der Waals surface area contributed by atoms with Crippen molar-refractivity contribution in [3.63, 3.8) is 0 Å². The predicted molar refractivity (Wildman–Crippen MR) is 81.8 cm³/mol. The molecule has 0 aliphatic carbocycles. The minimum atomic E-state index is 0.574. The van der Waals surface area contributed by atoms with Crippen molar-refractivity contribution in [2.75, 3.05) is 12.4 Å². The Morgan fingerprint density at radius 3 is 2.47 bits per heavy atom. The Hall–Kier alpha value is -1.09. The second kappa shape index (κ2) is 6.38. The highest BCUT2D eigenvalue weighted by Gasteiger charge is 2.04. The number of ether oxygens (including phenoxy) is 1. The van der Waals surface area contributed by atoms with E-state index in [-0.39, 0.29) is 0 Å². The van der Waals surface area contributed by atoms with E-state index in [1.807, 2.05) is 18.2 Å². The van der Waals surface area contributed by atoms with Crippen LogP contribution in [-0.2, 0) is 6.54 Å². The van der Waals surface area contributed by atoms with E-state index in [2.05, 4.69) is 5.32 Å². The molecule has 2 rings (SSSR count). The number of nitrogens with one attached hydrogen (secondary N) is 1. The van der Waals surface area contributed by atoms with E-state index in [9.17, 15) is 0 Å². The third-order valence-corrected chi connectivity index (χ3v) is 3.56. The van der Waals surface area contributed by atoms with Gasteiger partial charge in [0.2, 0.25) is 0 Å². The molecule has 0 radical (unpaired) electrons. The second-order valence-corrected chi connectivity index (χ2v) is 5.19. The van der Waals surface area contributed by atoms with Crippen LogP contribution in [0.2, 0.25) is 15.1 Å². The van der Waals surface area contributed by atoms with Crippen molar-refractivity contribution in [2.24, 2.45) is 0 Å². The standard InChI is InChI=1S/C14H12Cl3NO/c1-19-14-7-11(3-5-13(14)17)18-8-9-6-10(15)2-4-12(9)16/h2-7,18H,8H2,1H3. The fraction of sp³-hybridized carbons (Fsp3) is 0.143. The van der Waals surface area contributed by atoms with Gasteiger partial charge in [-0.2, -0.15) is 0 Å². The fourth-order valence-electron chi connectivity index (χ4n) is 1.65. The molecule has 0 amide bonds. The first kappa shape index (κ1) is 14.3. The van der Waals surface area contributed by atoms with Crippen molar-refractivity contribution in [1.82, 2.24) is 0 Å². The van der Waals surface area contributed by atoms with Gasteiger partial charge in [-0.3, -0.25) is 0 Å². The van der Waals surface area contributed by atoms with E-state index in [1.54, 1.807) is 25.3 Å². The summed E-state index contributed by atoms with van der Waals surface area (Å²) in [6.07, 6.45) is 0. The first-order valence-corrected chi connectivity index (χ1v) is 6.75. The number of methoxy groups -OCH3 is 1. The SMILES string of the molecule is COc1cc(NCc2cc(Cl)ccc2Cl)ccc1Cl. The molecule has 1 N–H and O–H groups in total. The normalized spacial score (nSPS) is 10.3. The lowest BCUT2D eigenvalue weighted by Gasteiger charge is -2.10. The molecule has 0 heterocycles. The molecule has 5 heteroatoms. The molecule has 0 aromatic heterocycles. The van der Waals surface area contributed by atoms with Crippen LogP contribution >= 0.6 is 34.8 Å². The largest absolute Gasteiger partial charge is 0.495 e. The van der Waals surface area contributed by atoms with Gasteiger partial charge in [-0.25, -0.2) is 0 Å². The lowest BCUT2D eigenvalue weighted by molar-refractivity contribution is 0.415. The van der Waals surface area contributed by atoms with E-state index in [0.29, 0.717) is 27.4 Å². The lowest BCUT2D eigenvalue weighted by Crippen LogP contribution is -2.00. The van der Waals surface area contributed by atoms with E-state index < -0.39 is 0 Å². The molecule has 0 aliphatic heterocycles. The number of hydrogen-bond acceptors (Lipinski definition) is 2. The molecular formula is C14H12Cl3NO. The maximum absolute atomic E-state index is 6.10. The van der Waals surface area contributed by atoms with Gasteiger partial charge in [-0.15, -0.1) is 0 Å². The summed E-state index contributed by atoms with van der Waals surface area (Å²) in [5, 5.41) is 5.17. The van der Waals surface area contributed by atoms with Crippen molar-refractivity contribution in [3.8, 4) is 5.75 Å². The predicted octanol–water partition coefficient (Wildman–Crippen LogP) is 5.27. The van der Waals surface area contributed by atoms with Gasteiger partial charge >= 0.3 is 0 Å². The lowest BCUT2D eigenvalue weighted by atomic mass is 10.2. The molecule has 2 aromatic rings. The Bertz CT molecular complexity index is 587. The summed E-state index contributed by atoms with van der Waals surface area (Å²) in [7, 11) is 1.58. The molecule has 19 heavy (non-hydrogen) atoms. The third-order valence-electron chi connectivity index (χ3n) is 2.64. The van der Waals surface area contributed by atoms with E-state index in [4.69, 9.17) is 39.5 Å². The Kier molecular flexibility index (Phi) is 4.81. The summed E-state index contributed by atoms with van der Waals surface area (Å²) in [4.78, 5) is 0. The zero-order valence-electron chi connectivity index (χ0n) is 10.2. The van der Waals surface area contributed by atoms with Gasteiger partial charge < -0.3 is 10.1 Å².